The van der Waals surface area contributed by atoms with Crippen molar-refractivity contribution in [1.29, 1.82) is 0 Å². The van der Waals surface area contributed by atoms with E-state index in [9.17, 15) is 0 Å². The number of rotatable bonds is 3. The normalized spacial score (nSPS) is 15.9. The van der Waals surface area contributed by atoms with Crippen molar-refractivity contribution in [2.24, 2.45) is 5.92 Å². The van der Waals surface area contributed by atoms with Gasteiger partial charge in [0.1, 0.15) is 5.76 Å². The number of hydrogen-bond donors (Lipinski definition) is 0. The molecule has 3 heterocycles. The minimum atomic E-state index is 0.778. The molecule has 0 aromatic carbocycles. The molecule has 3 aromatic heterocycles. The van der Waals surface area contributed by atoms with Crippen LogP contribution in [-0.2, 0) is 6.54 Å². The van der Waals surface area contributed by atoms with Crippen molar-refractivity contribution in [3.8, 4) is 11.1 Å². The second-order valence-electron chi connectivity index (χ2n) is 6.31. The Hall–Kier alpha value is -2.17. The summed E-state index contributed by atoms with van der Waals surface area (Å²) in [6, 6.07) is 2.16. The van der Waals surface area contributed by atoms with Crippen LogP contribution in [0.3, 0.4) is 0 Å². The first-order chi connectivity index (χ1) is 10.7. The Kier molecular flexibility index (Phi) is 3.21. The number of fused-ring (bicyclic) bond motifs is 1. The molecular formula is C17H20N4O. The van der Waals surface area contributed by atoms with Crippen LogP contribution >= 0.6 is 0 Å². The SMILES string of the molecule is Cc1noc(C)c1-c1cnc2ncn(CC3CCCC3)c2c1. The highest BCUT2D eigenvalue weighted by Gasteiger charge is 2.18. The Morgan fingerprint density at radius 3 is 2.77 bits per heavy atom. The van der Waals surface area contributed by atoms with Gasteiger partial charge in [-0.1, -0.05) is 18.0 Å². The van der Waals surface area contributed by atoms with E-state index in [4.69, 9.17) is 4.52 Å². The molecule has 22 heavy (non-hydrogen) atoms. The van der Waals surface area contributed by atoms with Gasteiger partial charge in [0.05, 0.1) is 17.5 Å². The van der Waals surface area contributed by atoms with E-state index in [0.717, 1.165) is 46.2 Å². The van der Waals surface area contributed by atoms with Crippen LogP contribution in [-0.4, -0.2) is 19.7 Å². The molecule has 0 bridgehead atoms. The lowest BCUT2D eigenvalue weighted by Gasteiger charge is -2.11. The molecular weight excluding hydrogens is 276 g/mol. The Bertz CT molecular complexity index is 792. The van der Waals surface area contributed by atoms with Crippen molar-refractivity contribution >= 4 is 11.2 Å². The minimum Gasteiger partial charge on any atom is -0.361 e. The molecule has 0 saturated heterocycles. The van der Waals surface area contributed by atoms with E-state index in [1.54, 1.807) is 0 Å². The number of aromatic nitrogens is 4. The van der Waals surface area contributed by atoms with Gasteiger partial charge in [-0.2, -0.15) is 0 Å². The van der Waals surface area contributed by atoms with Crippen molar-refractivity contribution in [1.82, 2.24) is 19.7 Å². The molecule has 1 saturated carbocycles. The van der Waals surface area contributed by atoms with Crippen LogP contribution in [0.15, 0.2) is 23.1 Å². The van der Waals surface area contributed by atoms with Gasteiger partial charge < -0.3 is 9.09 Å². The third-order valence-corrected chi connectivity index (χ3v) is 4.73. The van der Waals surface area contributed by atoms with E-state index >= 15 is 0 Å². The second-order valence-corrected chi connectivity index (χ2v) is 6.31. The van der Waals surface area contributed by atoms with Gasteiger partial charge in [0.25, 0.3) is 0 Å². The Morgan fingerprint density at radius 1 is 1.23 bits per heavy atom. The highest BCUT2D eigenvalue weighted by molar-refractivity contribution is 5.79. The number of nitrogens with zero attached hydrogens (tertiary/aromatic N) is 4. The lowest BCUT2D eigenvalue weighted by atomic mass is 10.1. The summed E-state index contributed by atoms with van der Waals surface area (Å²) < 4.78 is 7.53. The van der Waals surface area contributed by atoms with Gasteiger partial charge in [-0.15, -0.1) is 0 Å². The zero-order valence-corrected chi connectivity index (χ0v) is 13.0. The number of hydrogen-bond acceptors (Lipinski definition) is 4. The minimum absolute atomic E-state index is 0.778. The molecule has 1 fully saturated rings. The molecule has 0 amide bonds. The summed E-state index contributed by atoms with van der Waals surface area (Å²) in [6.07, 6.45) is 9.17. The van der Waals surface area contributed by atoms with Crippen molar-refractivity contribution in [2.75, 3.05) is 0 Å². The van der Waals surface area contributed by atoms with Crippen LogP contribution in [0, 0.1) is 19.8 Å². The quantitative estimate of drug-likeness (QED) is 0.735. The van der Waals surface area contributed by atoms with E-state index in [0.29, 0.717) is 0 Å². The first kappa shape index (κ1) is 13.5. The molecule has 0 N–H and O–H groups in total. The first-order valence-corrected chi connectivity index (χ1v) is 7.96. The summed E-state index contributed by atoms with van der Waals surface area (Å²) in [6.45, 7) is 4.95. The molecule has 4 rings (SSSR count). The van der Waals surface area contributed by atoms with Gasteiger partial charge in [0, 0.05) is 23.9 Å². The van der Waals surface area contributed by atoms with Gasteiger partial charge in [-0.25, -0.2) is 9.97 Å². The van der Waals surface area contributed by atoms with Gasteiger partial charge in [0.2, 0.25) is 0 Å². The van der Waals surface area contributed by atoms with Crippen molar-refractivity contribution in [2.45, 2.75) is 46.1 Å². The second kappa shape index (κ2) is 5.23. The summed E-state index contributed by atoms with van der Waals surface area (Å²) in [5.74, 6) is 1.61. The monoisotopic (exact) mass is 296 g/mol. The molecule has 114 valence electrons. The lowest BCUT2D eigenvalue weighted by Crippen LogP contribution is -2.06. The molecule has 1 aliphatic rings. The molecule has 0 spiro atoms. The first-order valence-electron chi connectivity index (χ1n) is 7.96. The van der Waals surface area contributed by atoms with E-state index < -0.39 is 0 Å². The fourth-order valence-electron chi connectivity index (χ4n) is 3.59. The number of aryl methyl sites for hydroxylation is 2. The summed E-state index contributed by atoms with van der Waals surface area (Å²) >= 11 is 0. The Labute approximate surface area is 129 Å². The Balaban J connectivity index is 1.76. The van der Waals surface area contributed by atoms with E-state index in [1.165, 1.54) is 25.7 Å². The summed E-state index contributed by atoms with van der Waals surface area (Å²) in [7, 11) is 0. The maximum atomic E-state index is 5.28. The molecule has 0 unspecified atom stereocenters. The highest BCUT2D eigenvalue weighted by atomic mass is 16.5. The fraction of sp³-hybridized carbons (Fsp3) is 0.471. The van der Waals surface area contributed by atoms with Gasteiger partial charge in [0.15, 0.2) is 5.65 Å². The smallest absolute Gasteiger partial charge is 0.177 e. The van der Waals surface area contributed by atoms with Crippen LogP contribution in [0.2, 0.25) is 0 Å². The predicted molar refractivity (Wildman–Crippen MR) is 84.5 cm³/mol. The molecule has 3 aromatic rings. The largest absolute Gasteiger partial charge is 0.361 e. The highest BCUT2D eigenvalue weighted by Crippen LogP contribution is 2.30. The van der Waals surface area contributed by atoms with Crippen molar-refractivity contribution < 1.29 is 4.52 Å². The average molecular weight is 296 g/mol. The third-order valence-electron chi connectivity index (χ3n) is 4.73. The molecule has 0 radical (unpaired) electrons. The molecule has 5 heteroatoms. The standard InChI is InChI=1S/C17H20N4O/c1-11-16(12(2)22-20-11)14-7-15-17(18-8-14)19-10-21(15)9-13-5-3-4-6-13/h7-8,10,13H,3-6,9H2,1-2H3. The van der Waals surface area contributed by atoms with E-state index in [1.807, 2.05) is 26.4 Å². The zero-order chi connectivity index (χ0) is 15.1. The summed E-state index contributed by atoms with van der Waals surface area (Å²) in [5.41, 5.74) is 4.92. The van der Waals surface area contributed by atoms with E-state index in [2.05, 4.69) is 25.8 Å². The topological polar surface area (TPSA) is 56.7 Å². The average Bonchev–Trinajstić information content (AvgIpc) is 3.22. The number of pyridine rings is 1. The van der Waals surface area contributed by atoms with Crippen molar-refractivity contribution in [3.05, 3.63) is 30.0 Å². The van der Waals surface area contributed by atoms with Gasteiger partial charge in [-0.3, -0.25) is 0 Å². The third kappa shape index (κ3) is 2.21. The molecule has 5 nitrogen and oxygen atoms in total. The summed E-state index contributed by atoms with van der Waals surface area (Å²) in [5, 5.41) is 4.04. The number of imidazole rings is 1. The van der Waals surface area contributed by atoms with Crippen molar-refractivity contribution in [3.63, 3.8) is 0 Å². The molecule has 1 aliphatic carbocycles. The van der Waals surface area contributed by atoms with Crippen LogP contribution < -0.4 is 0 Å². The predicted octanol–water partition coefficient (Wildman–Crippen LogP) is 3.89. The van der Waals surface area contributed by atoms with E-state index in [-0.39, 0.29) is 0 Å². The maximum absolute atomic E-state index is 5.28. The Morgan fingerprint density at radius 2 is 2.05 bits per heavy atom. The van der Waals surface area contributed by atoms with Gasteiger partial charge >= 0.3 is 0 Å². The summed E-state index contributed by atoms with van der Waals surface area (Å²) in [4.78, 5) is 8.95. The van der Waals surface area contributed by atoms with Crippen LogP contribution in [0.1, 0.15) is 37.1 Å². The van der Waals surface area contributed by atoms with Crippen LogP contribution in [0.4, 0.5) is 0 Å². The molecule has 0 aliphatic heterocycles. The van der Waals surface area contributed by atoms with Crippen LogP contribution in [0.25, 0.3) is 22.3 Å². The molecule has 0 atom stereocenters. The van der Waals surface area contributed by atoms with Crippen LogP contribution in [0.5, 0.6) is 0 Å². The fourth-order valence-corrected chi connectivity index (χ4v) is 3.59. The van der Waals surface area contributed by atoms with Gasteiger partial charge in [-0.05, 0) is 38.7 Å². The zero-order valence-electron chi connectivity index (χ0n) is 13.0. The maximum Gasteiger partial charge on any atom is 0.177 e. The lowest BCUT2D eigenvalue weighted by molar-refractivity contribution is 0.393.